The van der Waals surface area contributed by atoms with Gasteiger partial charge in [-0.3, -0.25) is 0 Å². The molecule has 0 aliphatic carbocycles. The van der Waals surface area contributed by atoms with Gasteiger partial charge in [-0.15, -0.1) is 0 Å². The van der Waals surface area contributed by atoms with E-state index in [0.29, 0.717) is 5.02 Å². The van der Waals surface area contributed by atoms with Crippen molar-refractivity contribution in [3.8, 4) is 0 Å². The molecule has 8 heteroatoms. The van der Waals surface area contributed by atoms with Crippen molar-refractivity contribution in [2.75, 3.05) is 5.75 Å². The first-order chi connectivity index (χ1) is 13.5. The van der Waals surface area contributed by atoms with Crippen molar-refractivity contribution < 1.29 is 13.5 Å². The standard InChI is InChI=1S/C20H18ClF2N3OS/c1-2-9-28-19-24-12-25-26(19)11-20(15-8-7-13(22)10-17(15)23)18(27-20)14-5-3-4-6-16(14)21/h3-8,10,12,18H,2,9,11H2,1H3/t18-,20+/m1/s1. The summed E-state index contributed by atoms with van der Waals surface area (Å²) in [4.78, 5) is 4.29. The lowest BCUT2D eigenvalue weighted by Crippen LogP contribution is -2.22. The van der Waals surface area contributed by atoms with Gasteiger partial charge < -0.3 is 4.74 Å². The Morgan fingerprint density at radius 2 is 2.07 bits per heavy atom. The van der Waals surface area contributed by atoms with E-state index in [9.17, 15) is 8.78 Å². The molecule has 0 N–H and O–H groups in total. The van der Waals surface area contributed by atoms with E-state index in [1.165, 1.54) is 18.5 Å². The maximum absolute atomic E-state index is 14.7. The van der Waals surface area contributed by atoms with E-state index in [2.05, 4.69) is 17.0 Å². The lowest BCUT2D eigenvalue weighted by atomic mass is 9.91. The quantitative estimate of drug-likeness (QED) is 0.379. The Morgan fingerprint density at radius 3 is 2.82 bits per heavy atom. The Balaban J connectivity index is 1.74. The summed E-state index contributed by atoms with van der Waals surface area (Å²) < 4.78 is 36.0. The molecule has 1 aliphatic heterocycles. The van der Waals surface area contributed by atoms with Gasteiger partial charge in [0.1, 0.15) is 29.7 Å². The molecule has 0 unspecified atom stereocenters. The molecule has 4 rings (SSSR count). The number of halogens is 3. The Bertz CT molecular complexity index is 999. The molecule has 0 saturated carbocycles. The van der Waals surface area contributed by atoms with Crippen LogP contribution in [-0.2, 0) is 16.9 Å². The summed E-state index contributed by atoms with van der Waals surface area (Å²) in [5.74, 6) is -0.394. The molecule has 0 radical (unpaired) electrons. The molecule has 2 heterocycles. The Kier molecular flexibility index (Phi) is 5.40. The van der Waals surface area contributed by atoms with Gasteiger partial charge >= 0.3 is 0 Å². The highest BCUT2D eigenvalue weighted by Crippen LogP contribution is 2.59. The summed E-state index contributed by atoms with van der Waals surface area (Å²) in [6.45, 7) is 2.33. The van der Waals surface area contributed by atoms with Crippen LogP contribution < -0.4 is 0 Å². The normalized spacial score (nSPS) is 21.1. The fourth-order valence-corrected chi connectivity index (χ4v) is 4.31. The van der Waals surface area contributed by atoms with E-state index in [1.54, 1.807) is 22.5 Å². The average Bonchev–Trinajstić information content (AvgIpc) is 3.21. The molecule has 1 aromatic heterocycles. The van der Waals surface area contributed by atoms with Crippen LogP contribution in [0.1, 0.15) is 30.6 Å². The van der Waals surface area contributed by atoms with Gasteiger partial charge in [0.15, 0.2) is 5.16 Å². The van der Waals surface area contributed by atoms with Crippen LogP contribution in [-0.4, -0.2) is 20.5 Å². The van der Waals surface area contributed by atoms with Crippen LogP contribution in [0.5, 0.6) is 0 Å². The van der Waals surface area contributed by atoms with Gasteiger partial charge in [-0.2, -0.15) is 5.10 Å². The zero-order chi connectivity index (χ0) is 19.7. The van der Waals surface area contributed by atoms with Gasteiger partial charge in [-0.05, 0) is 18.6 Å². The van der Waals surface area contributed by atoms with E-state index >= 15 is 0 Å². The first-order valence-electron chi connectivity index (χ1n) is 8.93. The summed E-state index contributed by atoms with van der Waals surface area (Å²) >= 11 is 7.93. The highest BCUT2D eigenvalue weighted by molar-refractivity contribution is 7.99. The molecule has 4 nitrogen and oxygen atoms in total. The van der Waals surface area contributed by atoms with E-state index in [-0.39, 0.29) is 12.1 Å². The van der Waals surface area contributed by atoms with Crippen molar-refractivity contribution in [3.05, 3.63) is 76.6 Å². The average molecular weight is 422 g/mol. The summed E-state index contributed by atoms with van der Waals surface area (Å²) in [5.41, 5.74) is 0.00869. The van der Waals surface area contributed by atoms with Gasteiger partial charge in [0.05, 0.1) is 6.54 Å². The Morgan fingerprint density at radius 1 is 1.25 bits per heavy atom. The minimum absolute atomic E-state index is 0.248. The molecule has 28 heavy (non-hydrogen) atoms. The third-order valence-electron chi connectivity index (χ3n) is 4.67. The van der Waals surface area contributed by atoms with Gasteiger partial charge in [-0.25, -0.2) is 18.4 Å². The summed E-state index contributed by atoms with van der Waals surface area (Å²) in [6.07, 6.45) is 2.00. The van der Waals surface area contributed by atoms with Crippen LogP contribution in [0.3, 0.4) is 0 Å². The van der Waals surface area contributed by atoms with Crippen molar-refractivity contribution >= 4 is 23.4 Å². The molecule has 1 aliphatic rings. The Labute approximate surface area is 170 Å². The van der Waals surface area contributed by atoms with Crippen LogP contribution in [0.4, 0.5) is 8.78 Å². The second kappa shape index (κ2) is 7.81. The predicted molar refractivity (Wildman–Crippen MR) is 104 cm³/mol. The lowest BCUT2D eigenvalue weighted by molar-refractivity contribution is 0.250. The molecule has 0 spiro atoms. The number of nitrogens with zero attached hydrogens (tertiary/aromatic N) is 3. The van der Waals surface area contributed by atoms with Crippen LogP contribution in [0.15, 0.2) is 53.9 Å². The number of hydrogen-bond acceptors (Lipinski definition) is 4. The number of thioether (sulfide) groups is 1. The van der Waals surface area contributed by atoms with Gasteiger partial charge in [0.2, 0.25) is 0 Å². The number of epoxide rings is 1. The minimum Gasteiger partial charge on any atom is -0.354 e. The molecule has 146 valence electrons. The van der Waals surface area contributed by atoms with Crippen molar-refractivity contribution in [2.45, 2.75) is 36.8 Å². The molecule has 1 fully saturated rings. The van der Waals surface area contributed by atoms with Crippen LogP contribution in [0, 0.1) is 11.6 Å². The molecule has 1 saturated heterocycles. The van der Waals surface area contributed by atoms with Crippen molar-refractivity contribution in [2.24, 2.45) is 0 Å². The van der Waals surface area contributed by atoms with Crippen molar-refractivity contribution in [3.63, 3.8) is 0 Å². The van der Waals surface area contributed by atoms with E-state index in [4.69, 9.17) is 16.3 Å². The van der Waals surface area contributed by atoms with Crippen molar-refractivity contribution in [1.29, 1.82) is 0 Å². The minimum atomic E-state index is -1.03. The number of rotatable bonds is 7. The lowest BCUT2D eigenvalue weighted by Gasteiger charge is -2.16. The summed E-state index contributed by atoms with van der Waals surface area (Å²) in [5, 5.41) is 5.56. The second-order valence-electron chi connectivity index (χ2n) is 6.58. The van der Waals surface area contributed by atoms with E-state index in [0.717, 1.165) is 29.0 Å². The zero-order valence-corrected chi connectivity index (χ0v) is 16.7. The summed E-state index contributed by atoms with van der Waals surface area (Å²) in [7, 11) is 0. The zero-order valence-electron chi connectivity index (χ0n) is 15.1. The number of hydrogen-bond donors (Lipinski definition) is 0. The number of benzene rings is 2. The topological polar surface area (TPSA) is 43.2 Å². The predicted octanol–water partition coefficient (Wildman–Crippen LogP) is 5.38. The highest BCUT2D eigenvalue weighted by Gasteiger charge is 2.61. The van der Waals surface area contributed by atoms with Gasteiger partial charge in [-0.1, -0.05) is 54.6 Å². The SMILES string of the molecule is CCCSc1ncnn1C[C@@]1(c2ccc(F)cc2F)O[C@@H]1c1ccccc1Cl. The van der Waals surface area contributed by atoms with Crippen molar-refractivity contribution in [1.82, 2.24) is 14.8 Å². The van der Waals surface area contributed by atoms with E-state index < -0.39 is 23.3 Å². The maximum Gasteiger partial charge on any atom is 0.186 e. The molecular formula is C20H18ClF2N3OS. The maximum atomic E-state index is 14.7. The number of aromatic nitrogens is 3. The second-order valence-corrected chi connectivity index (χ2v) is 8.05. The third-order valence-corrected chi connectivity index (χ3v) is 6.20. The molecule has 3 aromatic rings. The summed E-state index contributed by atoms with van der Waals surface area (Å²) in [6, 6.07) is 10.8. The first-order valence-corrected chi connectivity index (χ1v) is 10.3. The fourth-order valence-electron chi connectivity index (χ4n) is 3.31. The van der Waals surface area contributed by atoms with Gasteiger partial charge in [0, 0.05) is 28.0 Å². The van der Waals surface area contributed by atoms with Crippen LogP contribution in [0.25, 0.3) is 0 Å². The number of ether oxygens (including phenoxy) is 1. The molecular weight excluding hydrogens is 404 g/mol. The fraction of sp³-hybridized carbons (Fsp3) is 0.300. The molecule has 2 atom stereocenters. The van der Waals surface area contributed by atoms with E-state index in [1.807, 2.05) is 18.2 Å². The highest BCUT2D eigenvalue weighted by atomic mass is 35.5. The smallest absolute Gasteiger partial charge is 0.186 e. The molecule has 0 amide bonds. The third kappa shape index (κ3) is 3.54. The molecule has 0 bridgehead atoms. The monoisotopic (exact) mass is 421 g/mol. The van der Waals surface area contributed by atoms with Crippen LogP contribution >= 0.6 is 23.4 Å². The van der Waals surface area contributed by atoms with Crippen LogP contribution in [0.2, 0.25) is 5.02 Å². The largest absolute Gasteiger partial charge is 0.354 e. The molecule has 2 aromatic carbocycles. The first kappa shape index (κ1) is 19.4. The Hall–Kier alpha value is -1.96. The van der Waals surface area contributed by atoms with Gasteiger partial charge in [0.25, 0.3) is 0 Å².